The van der Waals surface area contributed by atoms with E-state index < -0.39 is 0 Å². The zero-order valence-electron chi connectivity index (χ0n) is 10.9. The average Bonchev–Trinajstić information content (AvgIpc) is 2.61. The van der Waals surface area contributed by atoms with Gasteiger partial charge in [0.05, 0.1) is 12.2 Å². The molecular weight excluding hydrogens is 226 g/mol. The predicted octanol–water partition coefficient (Wildman–Crippen LogP) is 2.07. The first kappa shape index (κ1) is 12.5. The molecule has 2 aromatic rings. The monoisotopic (exact) mass is 245 g/mol. The minimum absolute atomic E-state index is 0.123. The molecule has 0 atom stereocenters. The van der Waals surface area contributed by atoms with Gasteiger partial charge in [-0.2, -0.15) is 0 Å². The van der Waals surface area contributed by atoms with Crippen molar-refractivity contribution in [1.29, 1.82) is 0 Å². The van der Waals surface area contributed by atoms with Gasteiger partial charge in [0.2, 0.25) is 0 Å². The van der Waals surface area contributed by atoms with Crippen molar-refractivity contribution >= 4 is 5.69 Å². The molecule has 0 unspecified atom stereocenters. The van der Waals surface area contributed by atoms with Gasteiger partial charge in [-0.1, -0.05) is 37.6 Å². The van der Waals surface area contributed by atoms with Crippen LogP contribution in [0.5, 0.6) is 0 Å². The van der Waals surface area contributed by atoms with E-state index >= 15 is 0 Å². The summed E-state index contributed by atoms with van der Waals surface area (Å²) in [6.45, 7) is 4.65. The molecule has 1 heterocycles. The number of rotatable bonds is 4. The predicted molar refractivity (Wildman–Crippen MR) is 73.7 cm³/mol. The molecule has 0 spiro atoms. The molecule has 18 heavy (non-hydrogen) atoms. The normalized spacial score (nSPS) is 10.8. The van der Waals surface area contributed by atoms with Crippen LogP contribution in [0.25, 0.3) is 0 Å². The fraction of sp³-hybridized carbons (Fsp3) is 0.357. The third kappa shape index (κ3) is 2.32. The summed E-state index contributed by atoms with van der Waals surface area (Å²) in [5, 5.41) is 3.11. The SMILES string of the molecule is CCCc1[nH]n(Cc2ccccc2C)c(=O)c1N. The molecule has 0 bridgehead atoms. The quantitative estimate of drug-likeness (QED) is 0.866. The molecule has 96 valence electrons. The van der Waals surface area contributed by atoms with Gasteiger partial charge in [0.25, 0.3) is 5.56 Å². The Balaban J connectivity index is 2.33. The van der Waals surface area contributed by atoms with Gasteiger partial charge in [-0.25, -0.2) is 4.68 Å². The van der Waals surface area contributed by atoms with Gasteiger partial charge in [-0.05, 0) is 24.5 Å². The maximum absolute atomic E-state index is 12.0. The molecule has 2 rings (SSSR count). The molecule has 0 fully saturated rings. The molecule has 0 aliphatic carbocycles. The third-order valence-corrected chi connectivity index (χ3v) is 3.16. The highest BCUT2D eigenvalue weighted by Gasteiger charge is 2.10. The summed E-state index contributed by atoms with van der Waals surface area (Å²) in [7, 11) is 0. The van der Waals surface area contributed by atoms with E-state index in [2.05, 4.69) is 12.0 Å². The number of H-pyrrole nitrogens is 1. The minimum atomic E-state index is -0.123. The topological polar surface area (TPSA) is 63.8 Å². The van der Waals surface area contributed by atoms with Crippen LogP contribution in [0, 0.1) is 6.92 Å². The number of aromatic nitrogens is 2. The number of anilines is 1. The highest BCUT2D eigenvalue weighted by molar-refractivity contribution is 5.41. The Kier molecular flexibility index (Phi) is 3.55. The summed E-state index contributed by atoms with van der Waals surface area (Å²) < 4.78 is 1.59. The molecule has 0 amide bonds. The highest BCUT2D eigenvalue weighted by Crippen LogP contribution is 2.10. The average molecular weight is 245 g/mol. The van der Waals surface area contributed by atoms with Gasteiger partial charge in [-0.15, -0.1) is 0 Å². The Bertz CT molecular complexity index is 595. The molecule has 0 aliphatic rings. The second kappa shape index (κ2) is 5.12. The van der Waals surface area contributed by atoms with Crippen LogP contribution >= 0.6 is 0 Å². The maximum atomic E-state index is 12.0. The first-order valence-electron chi connectivity index (χ1n) is 6.25. The van der Waals surface area contributed by atoms with Crippen LogP contribution in [0.3, 0.4) is 0 Å². The molecule has 4 nitrogen and oxygen atoms in total. The number of nitrogens with zero attached hydrogens (tertiary/aromatic N) is 1. The number of hydrogen-bond acceptors (Lipinski definition) is 2. The number of nitrogens with one attached hydrogen (secondary N) is 1. The number of nitrogen functional groups attached to an aromatic ring is 1. The molecule has 0 aliphatic heterocycles. The summed E-state index contributed by atoms with van der Waals surface area (Å²) in [5.74, 6) is 0. The van der Waals surface area contributed by atoms with Crippen LogP contribution < -0.4 is 11.3 Å². The standard InChI is InChI=1S/C14H19N3O/c1-3-6-12-13(15)14(18)17(16-12)9-11-8-5-4-7-10(11)2/h4-5,7-8,16H,3,6,9,15H2,1-2H3. The van der Waals surface area contributed by atoms with E-state index in [-0.39, 0.29) is 5.56 Å². The molecule has 0 saturated carbocycles. The van der Waals surface area contributed by atoms with Crippen molar-refractivity contribution in [3.05, 3.63) is 51.4 Å². The lowest BCUT2D eigenvalue weighted by molar-refractivity contribution is 0.646. The van der Waals surface area contributed by atoms with Gasteiger partial charge in [-0.3, -0.25) is 9.89 Å². The molecule has 1 aromatic heterocycles. The largest absolute Gasteiger partial charge is 0.393 e. The zero-order valence-corrected chi connectivity index (χ0v) is 10.9. The lowest BCUT2D eigenvalue weighted by Crippen LogP contribution is -2.19. The first-order chi connectivity index (χ1) is 8.63. The van der Waals surface area contributed by atoms with Crippen molar-refractivity contribution in [3.8, 4) is 0 Å². The van der Waals surface area contributed by atoms with E-state index in [0.717, 1.165) is 24.1 Å². The molecule has 1 aromatic carbocycles. The van der Waals surface area contributed by atoms with E-state index in [4.69, 9.17) is 5.73 Å². The van der Waals surface area contributed by atoms with Crippen molar-refractivity contribution in [2.45, 2.75) is 33.2 Å². The van der Waals surface area contributed by atoms with Crippen LogP contribution in [0.2, 0.25) is 0 Å². The molecular formula is C14H19N3O. The molecule has 3 N–H and O–H groups in total. The minimum Gasteiger partial charge on any atom is -0.393 e. The smallest absolute Gasteiger partial charge is 0.290 e. The summed E-state index contributed by atoms with van der Waals surface area (Å²) in [4.78, 5) is 12.0. The van der Waals surface area contributed by atoms with E-state index in [1.807, 2.05) is 31.2 Å². The van der Waals surface area contributed by atoms with Crippen molar-refractivity contribution in [3.63, 3.8) is 0 Å². The lowest BCUT2D eigenvalue weighted by atomic mass is 10.1. The van der Waals surface area contributed by atoms with Crippen LogP contribution in [-0.4, -0.2) is 9.78 Å². The third-order valence-electron chi connectivity index (χ3n) is 3.16. The Labute approximate surface area is 106 Å². The maximum Gasteiger partial charge on any atom is 0.290 e. The molecule has 0 saturated heterocycles. The second-order valence-electron chi connectivity index (χ2n) is 4.57. The van der Waals surface area contributed by atoms with Gasteiger partial charge in [0, 0.05) is 0 Å². The number of nitrogens with two attached hydrogens (primary N) is 1. The van der Waals surface area contributed by atoms with E-state index in [0.29, 0.717) is 12.2 Å². The first-order valence-corrected chi connectivity index (χ1v) is 6.25. The Hall–Kier alpha value is -1.97. The highest BCUT2D eigenvalue weighted by atomic mass is 16.1. The van der Waals surface area contributed by atoms with Gasteiger partial charge in [0.1, 0.15) is 5.69 Å². The Morgan fingerprint density at radius 2 is 2.06 bits per heavy atom. The van der Waals surface area contributed by atoms with Crippen LogP contribution in [0.1, 0.15) is 30.2 Å². The van der Waals surface area contributed by atoms with Crippen molar-refractivity contribution in [1.82, 2.24) is 9.78 Å². The fourth-order valence-electron chi connectivity index (χ4n) is 2.06. The second-order valence-corrected chi connectivity index (χ2v) is 4.57. The van der Waals surface area contributed by atoms with E-state index in [9.17, 15) is 4.79 Å². The van der Waals surface area contributed by atoms with Gasteiger partial charge < -0.3 is 5.73 Å². The summed E-state index contributed by atoms with van der Waals surface area (Å²) in [6.07, 6.45) is 1.77. The van der Waals surface area contributed by atoms with Crippen LogP contribution in [0.4, 0.5) is 5.69 Å². The van der Waals surface area contributed by atoms with Crippen molar-refractivity contribution in [2.75, 3.05) is 5.73 Å². The molecule has 0 radical (unpaired) electrons. The number of aryl methyl sites for hydroxylation is 2. The van der Waals surface area contributed by atoms with Gasteiger partial charge in [0.15, 0.2) is 0 Å². The van der Waals surface area contributed by atoms with Crippen molar-refractivity contribution in [2.24, 2.45) is 0 Å². The zero-order chi connectivity index (χ0) is 13.1. The summed E-state index contributed by atoms with van der Waals surface area (Å²) in [5.41, 5.74) is 9.19. The van der Waals surface area contributed by atoms with E-state index in [1.165, 1.54) is 5.56 Å². The van der Waals surface area contributed by atoms with Crippen LogP contribution in [0.15, 0.2) is 29.1 Å². The van der Waals surface area contributed by atoms with Gasteiger partial charge >= 0.3 is 0 Å². The molecule has 4 heteroatoms. The Morgan fingerprint density at radius 1 is 1.33 bits per heavy atom. The summed E-state index contributed by atoms with van der Waals surface area (Å²) in [6, 6.07) is 8.04. The van der Waals surface area contributed by atoms with Crippen molar-refractivity contribution < 1.29 is 0 Å². The fourth-order valence-corrected chi connectivity index (χ4v) is 2.06. The number of aromatic amines is 1. The number of hydrogen-bond donors (Lipinski definition) is 2. The summed E-state index contributed by atoms with van der Waals surface area (Å²) >= 11 is 0. The number of benzene rings is 1. The van der Waals surface area contributed by atoms with Crippen LogP contribution in [-0.2, 0) is 13.0 Å². The Morgan fingerprint density at radius 3 is 2.72 bits per heavy atom. The lowest BCUT2D eigenvalue weighted by Gasteiger charge is -2.05. The van der Waals surface area contributed by atoms with E-state index in [1.54, 1.807) is 4.68 Å².